The van der Waals surface area contributed by atoms with Crippen molar-refractivity contribution in [2.45, 2.75) is 6.18 Å². The number of ether oxygens (including phenoxy) is 1. The van der Waals surface area contributed by atoms with Gasteiger partial charge in [0.15, 0.2) is 0 Å². The number of alkyl halides is 3. The first-order valence-corrected chi connectivity index (χ1v) is 7.99. The number of hydrogen-bond donors (Lipinski definition) is 2. The maximum Gasteiger partial charge on any atom is 0.416 e. The van der Waals surface area contributed by atoms with Crippen LogP contribution in [0.15, 0.2) is 67.1 Å². The fraction of sp³-hybridized carbons (Fsp3) is 0.0526. The maximum atomic E-state index is 12.6. The van der Waals surface area contributed by atoms with Gasteiger partial charge in [-0.3, -0.25) is 0 Å². The van der Waals surface area contributed by atoms with E-state index in [2.05, 4.69) is 20.3 Å². The summed E-state index contributed by atoms with van der Waals surface area (Å²) in [6.45, 7) is 0. The Balaban J connectivity index is 1.47. The van der Waals surface area contributed by atoms with Gasteiger partial charge < -0.3 is 15.0 Å². The lowest BCUT2D eigenvalue weighted by atomic mass is 10.2. The second-order valence-corrected chi connectivity index (χ2v) is 5.74. The predicted molar refractivity (Wildman–Crippen MR) is 95.1 cm³/mol. The van der Waals surface area contributed by atoms with Crippen LogP contribution in [0.25, 0.3) is 11.0 Å². The van der Waals surface area contributed by atoms with Crippen LogP contribution in [0.3, 0.4) is 0 Å². The third-order valence-electron chi connectivity index (χ3n) is 3.89. The van der Waals surface area contributed by atoms with Gasteiger partial charge in [-0.25, -0.2) is 9.97 Å². The van der Waals surface area contributed by atoms with Crippen molar-refractivity contribution < 1.29 is 17.9 Å². The first-order valence-electron chi connectivity index (χ1n) is 7.99. The molecular formula is C19H13F3N4O. The smallest absolute Gasteiger partial charge is 0.416 e. The first kappa shape index (κ1) is 16.9. The highest BCUT2D eigenvalue weighted by Gasteiger charge is 2.30. The van der Waals surface area contributed by atoms with E-state index < -0.39 is 11.7 Å². The molecule has 0 amide bonds. The molecule has 4 rings (SSSR count). The predicted octanol–water partition coefficient (Wildman–Crippen LogP) is 5.51. The molecule has 0 fully saturated rings. The molecule has 2 aromatic heterocycles. The van der Waals surface area contributed by atoms with E-state index in [0.717, 1.165) is 28.9 Å². The molecule has 0 aliphatic heterocycles. The first-order chi connectivity index (χ1) is 13.0. The second-order valence-electron chi connectivity index (χ2n) is 5.74. The minimum atomic E-state index is -4.36. The van der Waals surface area contributed by atoms with E-state index in [-0.39, 0.29) is 0 Å². The Labute approximate surface area is 151 Å². The molecule has 0 aliphatic rings. The van der Waals surface area contributed by atoms with Crippen LogP contribution in [-0.4, -0.2) is 15.0 Å². The van der Waals surface area contributed by atoms with E-state index in [1.54, 1.807) is 30.5 Å². The minimum Gasteiger partial charge on any atom is -0.457 e. The van der Waals surface area contributed by atoms with Crippen molar-refractivity contribution in [2.75, 3.05) is 5.32 Å². The molecule has 2 aromatic carbocycles. The molecular weight excluding hydrogens is 357 g/mol. The summed E-state index contributed by atoms with van der Waals surface area (Å²) in [4.78, 5) is 11.4. The van der Waals surface area contributed by atoms with Crippen molar-refractivity contribution in [3.8, 4) is 11.5 Å². The number of fused-ring (bicyclic) bond motifs is 1. The Morgan fingerprint density at radius 1 is 0.852 bits per heavy atom. The van der Waals surface area contributed by atoms with Gasteiger partial charge in [-0.15, -0.1) is 0 Å². The largest absolute Gasteiger partial charge is 0.457 e. The highest BCUT2D eigenvalue weighted by molar-refractivity contribution is 5.88. The average Bonchev–Trinajstić information content (AvgIpc) is 3.13. The minimum absolute atomic E-state index is 0.327. The third-order valence-corrected chi connectivity index (χ3v) is 3.89. The lowest BCUT2D eigenvalue weighted by molar-refractivity contribution is -0.137. The van der Waals surface area contributed by atoms with Crippen LogP contribution in [0.1, 0.15) is 5.56 Å². The summed E-state index contributed by atoms with van der Waals surface area (Å²) in [5, 5.41) is 4.06. The molecule has 0 bridgehead atoms. The number of benzene rings is 2. The van der Waals surface area contributed by atoms with Gasteiger partial charge in [-0.1, -0.05) is 0 Å². The molecule has 27 heavy (non-hydrogen) atoms. The molecule has 8 heteroatoms. The topological polar surface area (TPSA) is 62.8 Å². The van der Waals surface area contributed by atoms with Gasteiger partial charge in [0, 0.05) is 11.9 Å². The Kier molecular flexibility index (Phi) is 4.15. The van der Waals surface area contributed by atoms with E-state index in [9.17, 15) is 13.2 Å². The van der Waals surface area contributed by atoms with E-state index in [4.69, 9.17) is 4.74 Å². The maximum absolute atomic E-state index is 12.6. The number of nitrogens with one attached hydrogen (secondary N) is 2. The number of aromatic nitrogens is 3. The van der Waals surface area contributed by atoms with E-state index >= 15 is 0 Å². The van der Waals surface area contributed by atoms with Gasteiger partial charge in [0.25, 0.3) is 0 Å². The van der Waals surface area contributed by atoms with Gasteiger partial charge in [-0.2, -0.15) is 13.2 Å². The molecule has 0 unspecified atom stereocenters. The summed E-state index contributed by atoms with van der Waals surface area (Å²) in [7, 11) is 0. The van der Waals surface area contributed by atoms with Crippen LogP contribution in [0.4, 0.5) is 24.7 Å². The Morgan fingerprint density at radius 3 is 2.19 bits per heavy atom. The van der Waals surface area contributed by atoms with Crippen LogP contribution in [0.2, 0.25) is 0 Å². The number of aromatic amines is 1. The number of hydrogen-bond acceptors (Lipinski definition) is 4. The molecule has 0 spiro atoms. The molecule has 2 heterocycles. The van der Waals surface area contributed by atoms with Crippen molar-refractivity contribution in [1.82, 2.24) is 15.0 Å². The van der Waals surface area contributed by atoms with Gasteiger partial charge in [-0.05, 0) is 54.6 Å². The van der Waals surface area contributed by atoms with Crippen molar-refractivity contribution in [3.05, 3.63) is 72.7 Å². The molecule has 136 valence electrons. The van der Waals surface area contributed by atoms with Crippen molar-refractivity contribution in [3.63, 3.8) is 0 Å². The normalized spacial score (nSPS) is 11.5. The summed E-state index contributed by atoms with van der Waals surface area (Å²) in [6, 6.07) is 13.5. The number of anilines is 2. The fourth-order valence-corrected chi connectivity index (χ4v) is 2.56. The highest BCUT2D eigenvalue weighted by atomic mass is 19.4. The van der Waals surface area contributed by atoms with Crippen LogP contribution in [-0.2, 0) is 6.18 Å². The standard InChI is InChI=1S/C19H13F3N4O/c20-19(21,22)12-1-5-14(6-2-12)27-15-7-3-13(4-8-15)26-18-16-9-10-23-17(16)24-11-25-18/h1-11H,(H2,23,24,25,26). The lowest BCUT2D eigenvalue weighted by Crippen LogP contribution is -2.03. The Bertz CT molecular complexity index is 1060. The highest BCUT2D eigenvalue weighted by Crippen LogP contribution is 2.32. The molecule has 0 aliphatic carbocycles. The number of rotatable bonds is 4. The Hall–Kier alpha value is -3.55. The monoisotopic (exact) mass is 370 g/mol. The lowest BCUT2D eigenvalue weighted by Gasteiger charge is -2.10. The SMILES string of the molecule is FC(F)(F)c1ccc(Oc2ccc(Nc3ncnc4[nH]ccc34)cc2)cc1. The van der Waals surface area contributed by atoms with Crippen molar-refractivity contribution in [1.29, 1.82) is 0 Å². The molecule has 0 saturated heterocycles. The molecule has 0 atom stereocenters. The number of H-pyrrole nitrogens is 1. The zero-order valence-corrected chi connectivity index (χ0v) is 13.8. The number of halogens is 3. The summed E-state index contributed by atoms with van der Waals surface area (Å²) in [5.74, 6) is 1.50. The second kappa shape index (κ2) is 6.64. The van der Waals surface area contributed by atoms with Gasteiger partial charge >= 0.3 is 6.18 Å². The van der Waals surface area contributed by atoms with Crippen LogP contribution in [0, 0.1) is 0 Å². The quantitative estimate of drug-likeness (QED) is 0.497. The van der Waals surface area contributed by atoms with Crippen LogP contribution >= 0.6 is 0 Å². The van der Waals surface area contributed by atoms with E-state index in [0.29, 0.717) is 17.3 Å². The van der Waals surface area contributed by atoms with E-state index in [1.165, 1.54) is 18.5 Å². The van der Waals surface area contributed by atoms with Crippen LogP contribution in [0.5, 0.6) is 11.5 Å². The van der Waals surface area contributed by atoms with Crippen LogP contribution < -0.4 is 10.1 Å². The van der Waals surface area contributed by atoms with Gasteiger partial charge in [0.05, 0.1) is 10.9 Å². The van der Waals surface area contributed by atoms with E-state index in [1.807, 2.05) is 6.07 Å². The van der Waals surface area contributed by atoms with Gasteiger partial charge in [0.1, 0.15) is 29.3 Å². The molecule has 5 nitrogen and oxygen atoms in total. The average molecular weight is 370 g/mol. The zero-order chi connectivity index (χ0) is 18.9. The molecule has 0 radical (unpaired) electrons. The summed E-state index contributed by atoms with van der Waals surface area (Å²) in [6.07, 6.45) is -1.12. The van der Waals surface area contributed by atoms with Crippen molar-refractivity contribution in [2.24, 2.45) is 0 Å². The van der Waals surface area contributed by atoms with Gasteiger partial charge in [0.2, 0.25) is 0 Å². The Morgan fingerprint density at radius 2 is 1.52 bits per heavy atom. The summed E-state index contributed by atoms with van der Waals surface area (Å²) >= 11 is 0. The number of nitrogens with zero attached hydrogens (tertiary/aromatic N) is 2. The zero-order valence-electron chi connectivity index (χ0n) is 13.8. The third kappa shape index (κ3) is 3.69. The summed E-state index contributed by atoms with van der Waals surface area (Å²) < 4.78 is 43.3. The molecule has 2 N–H and O–H groups in total. The summed E-state index contributed by atoms with van der Waals surface area (Å²) in [5.41, 5.74) is 0.807. The molecule has 4 aromatic rings. The molecule has 0 saturated carbocycles. The fourth-order valence-electron chi connectivity index (χ4n) is 2.56. The van der Waals surface area contributed by atoms with Crippen molar-refractivity contribution >= 4 is 22.5 Å².